The molecule has 0 unspecified atom stereocenters. The number of nitrogens with one attached hydrogen (secondary N) is 1. The van der Waals surface area contributed by atoms with Crippen LogP contribution in [-0.4, -0.2) is 30.3 Å². The van der Waals surface area contributed by atoms with E-state index in [0.717, 1.165) is 37.8 Å². The molecule has 2 fully saturated rings. The second-order valence-corrected chi connectivity index (χ2v) is 8.19. The molecule has 25 heavy (non-hydrogen) atoms. The zero-order valence-electron chi connectivity index (χ0n) is 15.5. The van der Waals surface area contributed by atoms with Crippen LogP contribution in [0.2, 0.25) is 0 Å². The number of rotatable bonds is 4. The summed E-state index contributed by atoms with van der Waals surface area (Å²) in [6.45, 7) is 8.41. The lowest BCUT2D eigenvalue weighted by molar-refractivity contribution is 0.00644. The van der Waals surface area contributed by atoms with E-state index in [4.69, 9.17) is 9.47 Å². The van der Waals surface area contributed by atoms with Gasteiger partial charge in [0.1, 0.15) is 23.3 Å². The topological polar surface area (TPSA) is 47.6 Å². The molecule has 1 heterocycles. The van der Waals surface area contributed by atoms with Gasteiger partial charge in [-0.15, -0.1) is 0 Å². The zero-order chi connectivity index (χ0) is 18.2. The molecular formula is C20H28FNO3. The molecule has 1 aromatic carbocycles. The minimum atomic E-state index is -0.651. The maximum absolute atomic E-state index is 14.6. The Bertz CT molecular complexity index is 649. The summed E-state index contributed by atoms with van der Waals surface area (Å²) in [6.07, 6.45) is 4.13. The van der Waals surface area contributed by atoms with E-state index in [2.05, 4.69) is 12.2 Å². The Morgan fingerprint density at radius 1 is 1.24 bits per heavy atom. The van der Waals surface area contributed by atoms with E-state index in [1.165, 1.54) is 6.07 Å². The van der Waals surface area contributed by atoms with E-state index >= 15 is 0 Å². The zero-order valence-corrected chi connectivity index (χ0v) is 15.5. The van der Waals surface area contributed by atoms with E-state index in [1.807, 2.05) is 0 Å². The van der Waals surface area contributed by atoms with Gasteiger partial charge in [-0.3, -0.25) is 0 Å². The fraction of sp³-hybridized carbons (Fsp3) is 0.650. The summed E-state index contributed by atoms with van der Waals surface area (Å²) in [5, 5.41) is 3.39. The SMILES string of the molecule is C[C@@H]1NCCC[C@@H]1Oc1cc(F)c(C(=O)OC(C)(C)C)cc1C1CC1. The highest BCUT2D eigenvalue weighted by Gasteiger charge is 2.32. The van der Waals surface area contributed by atoms with Crippen LogP contribution in [0, 0.1) is 5.82 Å². The highest BCUT2D eigenvalue weighted by molar-refractivity contribution is 5.90. The second-order valence-electron chi connectivity index (χ2n) is 8.19. The van der Waals surface area contributed by atoms with Gasteiger partial charge in [0.05, 0.1) is 5.56 Å². The van der Waals surface area contributed by atoms with Crippen LogP contribution in [0.5, 0.6) is 5.75 Å². The molecule has 2 aliphatic rings. The molecule has 0 aromatic heterocycles. The van der Waals surface area contributed by atoms with Crippen molar-refractivity contribution in [3.63, 3.8) is 0 Å². The molecule has 1 aliphatic carbocycles. The van der Waals surface area contributed by atoms with Crippen molar-refractivity contribution in [2.45, 2.75) is 77.0 Å². The van der Waals surface area contributed by atoms with Gasteiger partial charge >= 0.3 is 5.97 Å². The number of hydrogen-bond acceptors (Lipinski definition) is 4. The average Bonchev–Trinajstić information content (AvgIpc) is 3.32. The van der Waals surface area contributed by atoms with Gasteiger partial charge in [0.25, 0.3) is 0 Å². The third kappa shape index (κ3) is 4.51. The number of carbonyl (C=O) groups is 1. The van der Waals surface area contributed by atoms with Crippen LogP contribution in [0.1, 0.15) is 75.2 Å². The van der Waals surface area contributed by atoms with Crippen LogP contribution in [0.3, 0.4) is 0 Å². The largest absolute Gasteiger partial charge is 0.488 e. The van der Waals surface area contributed by atoms with E-state index in [-0.39, 0.29) is 17.7 Å². The van der Waals surface area contributed by atoms with Crippen LogP contribution in [0.25, 0.3) is 0 Å². The summed E-state index contributed by atoms with van der Waals surface area (Å²) < 4.78 is 26.1. The van der Waals surface area contributed by atoms with Crippen LogP contribution in [0.15, 0.2) is 12.1 Å². The van der Waals surface area contributed by atoms with Gasteiger partial charge in [0.2, 0.25) is 0 Å². The first-order chi connectivity index (χ1) is 11.7. The smallest absolute Gasteiger partial charge is 0.341 e. The van der Waals surface area contributed by atoms with Crippen molar-refractivity contribution < 1.29 is 18.7 Å². The van der Waals surface area contributed by atoms with Crippen LogP contribution >= 0.6 is 0 Å². The van der Waals surface area contributed by atoms with Crippen LogP contribution in [0.4, 0.5) is 4.39 Å². The molecule has 1 aromatic rings. The minimum Gasteiger partial charge on any atom is -0.488 e. The first kappa shape index (κ1) is 18.2. The maximum Gasteiger partial charge on any atom is 0.341 e. The molecule has 0 radical (unpaired) electrons. The molecule has 1 saturated carbocycles. The number of benzene rings is 1. The number of hydrogen-bond donors (Lipinski definition) is 1. The molecule has 1 saturated heterocycles. The van der Waals surface area contributed by atoms with Gasteiger partial charge in [-0.1, -0.05) is 0 Å². The Morgan fingerprint density at radius 3 is 2.56 bits per heavy atom. The summed E-state index contributed by atoms with van der Waals surface area (Å²) >= 11 is 0. The van der Waals surface area contributed by atoms with Crippen molar-refractivity contribution in [3.8, 4) is 5.75 Å². The fourth-order valence-corrected chi connectivity index (χ4v) is 3.22. The third-order valence-electron chi connectivity index (χ3n) is 4.70. The highest BCUT2D eigenvalue weighted by atomic mass is 19.1. The molecule has 5 heteroatoms. The summed E-state index contributed by atoms with van der Waals surface area (Å²) in [7, 11) is 0. The second kappa shape index (κ2) is 6.94. The average molecular weight is 349 g/mol. The normalized spacial score (nSPS) is 24.0. The Labute approximate surface area is 149 Å². The molecule has 2 atom stereocenters. The van der Waals surface area contributed by atoms with Gasteiger partial charge in [0.15, 0.2) is 0 Å². The molecule has 0 spiro atoms. The number of carbonyl (C=O) groups excluding carboxylic acids is 1. The molecule has 0 amide bonds. The lowest BCUT2D eigenvalue weighted by Crippen LogP contribution is -2.45. The quantitative estimate of drug-likeness (QED) is 0.829. The van der Waals surface area contributed by atoms with Crippen molar-refractivity contribution in [2.75, 3.05) is 6.54 Å². The molecule has 3 rings (SSSR count). The van der Waals surface area contributed by atoms with Crippen molar-refractivity contribution in [1.29, 1.82) is 0 Å². The van der Waals surface area contributed by atoms with E-state index in [0.29, 0.717) is 11.7 Å². The Hall–Kier alpha value is -1.62. The number of ether oxygens (including phenoxy) is 2. The maximum atomic E-state index is 14.6. The van der Waals surface area contributed by atoms with Crippen LogP contribution < -0.4 is 10.1 Å². The molecule has 0 bridgehead atoms. The lowest BCUT2D eigenvalue weighted by Gasteiger charge is -2.31. The Morgan fingerprint density at radius 2 is 1.96 bits per heavy atom. The molecule has 138 valence electrons. The van der Waals surface area contributed by atoms with Gasteiger partial charge in [0, 0.05) is 12.1 Å². The minimum absolute atomic E-state index is 0.000933. The van der Waals surface area contributed by atoms with E-state index in [9.17, 15) is 9.18 Å². The molecule has 1 N–H and O–H groups in total. The monoisotopic (exact) mass is 349 g/mol. The predicted molar refractivity (Wildman–Crippen MR) is 94.7 cm³/mol. The van der Waals surface area contributed by atoms with Gasteiger partial charge < -0.3 is 14.8 Å². The van der Waals surface area contributed by atoms with Crippen LogP contribution in [-0.2, 0) is 4.74 Å². The molecular weight excluding hydrogens is 321 g/mol. The van der Waals surface area contributed by atoms with Gasteiger partial charge in [-0.2, -0.15) is 0 Å². The predicted octanol–water partition coefficient (Wildman–Crippen LogP) is 4.18. The van der Waals surface area contributed by atoms with Gasteiger partial charge in [-0.05, 0) is 77.5 Å². The standard InChI is InChI=1S/C20H28FNO3/c1-12-17(6-5-9-22-12)24-18-11-16(21)15(10-14(18)13-7-8-13)19(23)25-20(2,3)4/h10-13,17,22H,5-9H2,1-4H3/t12-,17-/m0/s1. The summed E-state index contributed by atoms with van der Waals surface area (Å²) in [5.41, 5.74) is 0.278. The third-order valence-corrected chi connectivity index (χ3v) is 4.70. The van der Waals surface area contributed by atoms with Crippen molar-refractivity contribution in [1.82, 2.24) is 5.32 Å². The molecule has 1 aliphatic heterocycles. The number of halogens is 1. The Balaban J connectivity index is 1.86. The first-order valence-corrected chi connectivity index (χ1v) is 9.21. The van der Waals surface area contributed by atoms with E-state index < -0.39 is 17.4 Å². The van der Waals surface area contributed by atoms with Crippen molar-refractivity contribution in [2.24, 2.45) is 0 Å². The first-order valence-electron chi connectivity index (χ1n) is 9.21. The number of esters is 1. The summed E-state index contributed by atoms with van der Waals surface area (Å²) in [6, 6.07) is 3.24. The van der Waals surface area contributed by atoms with E-state index in [1.54, 1.807) is 26.8 Å². The van der Waals surface area contributed by atoms with Crippen molar-refractivity contribution >= 4 is 5.97 Å². The lowest BCUT2D eigenvalue weighted by atomic mass is 10.0. The summed E-state index contributed by atoms with van der Waals surface area (Å²) in [5.74, 6) is -0.271. The molecule has 4 nitrogen and oxygen atoms in total. The van der Waals surface area contributed by atoms with Gasteiger partial charge in [-0.25, -0.2) is 9.18 Å². The van der Waals surface area contributed by atoms with Crippen molar-refractivity contribution in [3.05, 3.63) is 29.1 Å². The number of piperidine rings is 1. The summed E-state index contributed by atoms with van der Waals surface area (Å²) in [4.78, 5) is 12.3. The highest BCUT2D eigenvalue weighted by Crippen LogP contribution is 2.45. The fourth-order valence-electron chi connectivity index (χ4n) is 3.22. The Kier molecular flexibility index (Phi) is 5.05.